The van der Waals surface area contributed by atoms with E-state index in [-0.39, 0.29) is 6.54 Å². The summed E-state index contributed by atoms with van der Waals surface area (Å²) in [7, 11) is 0. The summed E-state index contributed by atoms with van der Waals surface area (Å²) in [6.45, 7) is 2.25. The van der Waals surface area contributed by atoms with Crippen LogP contribution in [0.25, 0.3) is 11.4 Å². The summed E-state index contributed by atoms with van der Waals surface area (Å²) < 4.78 is 5.25. The zero-order valence-corrected chi connectivity index (χ0v) is 13.7. The summed E-state index contributed by atoms with van der Waals surface area (Å²) in [4.78, 5) is 15.9. The highest BCUT2D eigenvalue weighted by Crippen LogP contribution is 2.22. The van der Waals surface area contributed by atoms with Crippen molar-refractivity contribution in [1.82, 2.24) is 10.1 Å². The lowest BCUT2D eigenvalue weighted by molar-refractivity contribution is 0.100. The maximum atomic E-state index is 11.5. The number of aryl methyl sites for hydroxylation is 1. The number of primary amides is 1. The fraction of sp³-hybridized carbons (Fsp3) is 0.118. The molecule has 6 nitrogen and oxygen atoms in total. The number of carbonyl (C=O) groups is 1. The van der Waals surface area contributed by atoms with Crippen molar-refractivity contribution in [3.63, 3.8) is 0 Å². The number of nitrogens with zero attached hydrogens (tertiary/aromatic N) is 2. The molecule has 0 aliphatic heterocycles. The molecule has 0 unspecified atom stereocenters. The van der Waals surface area contributed by atoms with Crippen molar-refractivity contribution in [2.24, 2.45) is 5.73 Å². The van der Waals surface area contributed by atoms with Crippen molar-refractivity contribution in [1.29, 1.82) is 0 Å². The van der Waals surface area contributed by atoms with Gasteiger partial charge in [-0.3, -0.25) is 4.79 Å². The number of anilines is 1. The summed E-state index contributed by atoms with van der Waals surface area (Å²) in [5.74, 6) is 0.362. The average molecular weight is 343 g/mol. The van der Waals surface area contributed by atoms with Crippen LogP contribution in [0.1, 0.15) is 21.8 Å². The number of hydrogen-bond donors (Lipinski definition) is 2. The van der Waals surface area contributed by atoms with E-state index in [1.165, 1.54) is 6.07 Å². The zero-order valence-electron chi connectivity index (χ0n) is 12.9. The van der Waals surface area contributed by atoms with Crippen LogP contribution in [0, 0.1) is 6.92 Å². The van der Waals surface area contributed by atoms with Crippen molar-refractivity contribution in [3.05, 3.63) is 64.5 Å². The number of benzene rings is 2. The Bertz CT molecular complexity index is 892. The van der Waals surface area contributed by atoms with Crippen LogP contribution in [0.4, 0.5) is 5.69 Å². The minimum atomic E-state index is -0.564. The molecule has 0 fully saturated rings. The van der Waals surface area contributed by atoms with Crippen molar-refractivity contribution in [2.75, 3.05) is 5.32 Å². The third-order valence-corrected chi connectivity index (χ3v) is 3.77. The van der Waals surface area contributed by atoms with Crippen LogP contribution in [0.2, 0.25) is 5.02 Å². The molecular weight excluding hydrogens is 328 g/mol. The van der Waals surface area contributed by atoms with Crippen LogP contribution in [-0.4, -0.2) is 16.0 Å². The standard InChI is InChI=1S/C17H15ClN4O2/c1-10-4-2-3-5-12(10)17-21-15(24-22-17)9-20-14-7-6-11(18)8-13(14)16(19)23/h2-8,20H,9H2,1H3,(H2,19,23). The van der Waals surface area contributed by atoms with Crippen LogP contribution >= 0.6 is 11.6 Å². The summed E-state index contributed by atoms with van der Waals surface area (Å²) in [5.41, 5.74) is 8.20. The predicted molar refractivity (Wildman–Crippen MR) is 91.8 cm³/mol. The second kappa shape index (κ2) is 6.72. The molecule has 0 saturated carbocycles. The van der Waals surface area contributed by atoms with Gasteiger partial charge in [0.05, 0.1) is 12.1 Å². The zero-order chi connectivity index (χ0) is 17.1. The number of halogens is 1. The van der Waals surface area contributed by atoms with Gasteiger partial charge in [0.2, 0.25) is 11.7 Å². The van der Waals surface area contributed by atoms with E-state index in [0.717, 1.165) is 11.1 Å². The van der Waals surface area contributed by atoms with E-state index in [4.69, 9.17) is 21.9 Å². The highest BCUT2D eigenvalue weighted by Gasteiger charge is 2.12. The minimum absolute atomic E-state index is 0.265. The van der Waals surface area contributed by atoms with Crippen molar-refractivity contribution < 1.29 is 9.32 Å². The molecule has 0 aliphatic rings. The van der Waals surface area contributed by atoms with Gasteiger partial charge in [-0.05, 0) is 30.7 Å². The molecule has 1 heterocycles. The Hall–Kier alpha value is -2.86. The first-order valence-corrected chi connectivity index (χ1v) is 7.64. The molecule has 3 aromatic rings. The minimum Gasteiger partial charge on any atom is -0.375 e. The van der Waals surface area contributed by atoms with Gasteiger partial charge < -0.3 is 15.6 Å². The lowest BCUT2D eigenvalue weighted by Gasteiger charge is -2.08. The largest absolute Gasteiger partial charge is 0.375 e. The quantitative estimate of drug-likeness (QED) is 0.741. The molecule has 3 N–H and O–H groups in total. The van der Waals surface area contributed by atoms with Crippen LogP contribution in [0.3, 0.4) is 0 Å². The van der Waals surface area contributed by atoms with E-state index in [2.05, 4.69) is 15.5 Å². The van der Waals surface area contributed by atoms with E-state index < -0.39 is 5.91 Å². The lowest BCUT2D eigenvalue weighted by Crippen LogP contribution is -2.14. The van der Waals surface area contributed by atoms with Crippen molar-refractivity contribution in [3.8, 4) is 11.4 Å². The number of rotatable bonds is 5. The molecule has 24 heavy (non-hydrogen) atoms. The summed E-state index contributed by atoms with van der Waals surface area (Å²) >= 11 is 5.89. The number of nitrogens with one attached hydrogen (secondary N) is 1. The Morgan fingerprint density at radius 2 is 2.08 bits per heavy atom. The first kappa shape index (κ1) is 16.0. The Kier molecular flexibility index (Phi) is 4.48. The molecule has 1 aromatic heterocycles. The Balaban J connectivity index is 1.77. The van der Waals surface area contributed by atoms with Gasteiger partial charge in [0.1, 0.15) is 0 Å². The average Bonchev–Trinajstić information content (AvgIpc) is 3.02. The van der Waals surface area contributed by atoms with Crippen molar-refractivity contribution in [2.45, 2.75) is 13.5 Å². The fourth-order valence-corrected chi connectivity index (χ4v) is 2.48. The molecule has 0 bridgehead atoms. The molecule has 3 rings (SSSR count). The fourth-order valence-electron chi connectivity index (χ4n) is 2.31. The first-order valence-electron chi connectivity index (χ1n) is 7.26. The van der Waals surface area contributed by atoms with E-state index >= 15 is 0 Å². The third kappa shape index (κ3) is 3.38. The second-order valence-electron chi connectivity index (χ2n) is 5.23. The highest BCUT2D eigenvalue weighted by molar-refractivity contribution is 6.31. The summed E-state index contributed by atoms with van der Waals surface area (Å²) in [6, 6.07) is 12.7. The number of amides is 1. The van der Waals surface area contributed by atoms with Crippen LogP contribution < -0.4 is 11.1 Å². The molecule has 0 spiro atoms. The van der Waals surface area contributed by atoms with Gasteiger partial charge in [0.25, 0.3) is 5.91 Å². The van der Waals surface area contributed by atoms with Gasteiger partial charge in [0, 0.05) is 16.3 Å². The molecule has 0 saturated heterocycles. The van der Waals surface area contributed by atoms with E-state index in [1.54, 1.807) is 12.1 Å². The van der Waals surface area contributed by atoms with Crippen LogP contribution in [0.5, 0.6) is 0 Å². The Morgan fingerprint density at radius 3 is 2.83 bits per heavy atom. The van der Waals surface area contributed by atoms with E-state index in [9.17, 15) is 4.79 Å². The van der Waals surface area contributed by atoms with Gasteiger partial charge in [0.15, 0.2) is 0 Å². The van der Waals surface area contributed by atoms with Gasteiger partial charge in [-0.15, -0.1) is 0 Å². The SMILES string of the molecule is Cc1ccccc1-c1noc(CNc2ccc(Cl)cc2C(N)=O)n1. The third-order valence-electron chi connectivity index (χ3n) is 3.53. The molecule has 1 amide bonds. The van der Waals surface area contributed by atoms with E-state index in [1.807, 2.05) is 31.2 Å². The van der Waals surface area contributed by atoms with Gasteiger partial charge in [-0.1, -0.05) is 41.0 Å². The van der Waals surface area contributed by atoms with Crippen molar-refractivity contribution >= 4 is 23.2 Å². The summed E-state index contributed by atoms with van der Waals surface area (Å²) in [5, 5.41) is 7.49. The Labute approximate surface area is 143 Å². The first-order chi connectivity index (χ1) is 11.5. The normalized spacial score (nSPS) is 10.6. The molecule has 2 aromatic carbocycles. The van der Waals surface area contributed by atoms with E-state index in [0.29, 0.717) is 28.0 Å². The molecule has 0 aliphatic carbocycles. The maximum Gasteiger partial charge on any atom is 0.250 e. The molecule has 122 valence electrons. The number of nitrogens with two attached hydrogens (primary N) is 1. The van der Waals surface area contributed by atoms with Gasteiger partial charge in [-0.25, -0.2) is 0 Å². The van der Waals surface area contributed by atoms with Crippen LogP contribution in [-0.2, 0) is 6.54 Å². The summed E-state index contributed by atoms with van der Waals surface area (Å²) in [6.07, 6.45) is 0. The smallest absolute Gasteiger partial charge is 0.250 e. The Morgan fingerprint density at radius 1 is 1.29 bits per heavy atom. The van der Waals surface area contributed by atoms with Gasteiger partial charge >= 0.3 is 0 Å². The monoisotopic (exact) mass is 342 g/mol. The topological polar surface area (TPSA) is 94.0 Å². The predicted octanol–water partition coefficient (Wildman–Crippen LogP) is 3.41. The number of aromatic nitrogens is 2. The molecular formula is C17H15ClN4O2. The maximum absolute atomic E-state index is 11.5. The highest BCUT2D eigenvalue weighted by atomic mass is 35.5. The number of carbonyl (C=O) groups excluding carboxylic acids is 1. The lowest BCUT2D eigenvalue weighted by atomic mass is 10.1. The van der Waals surface area contributed by atoms with Crippen LogP contribution in [0.15, 0.2) is 47.0 Å². The molecule has 0 atom stereocenters. The second-order valence-corrected chi connectivity index (χ2v) is 5.67. The van der Waals surface area contributed by atoms with Gasteiger partial charge in [-0.2, -0.15) is 4.98 Å². The molecule has 0 radical (unpaired) electrons. The number of hydrogen-bond acceptors (Lipinski definition) is 5. The molecule has 7 heteroatoms.